The van der Waals surface area contributed by atoms with Crippen LogP contribution in [0.5, 0.6) is 11.5 Å². The lowest BCUT2D eigenvalue weighted by atomic mass is 10.1. The molecule has 0 spiro atoms. The maximum atomic E-state index is 11.2. The molecule has 0 heterocycles. The van der Waals surface area contributed by atoms with E-state index in [-0.39, 0.29) is 11.9 Å². The number of hydrogen-bond donors (Lipinski definition) is 0. The van der Waals surface area contributed by atoms with Crippen molar-refractivity contribution in [1.29, 1.82) is 0 Å². The van der Waals surface area contributed by atoms with Gasteiger partial charge in [-0.3, -0.25) is 9.59 Å². The van der Waals surface area contributed by atoms with Gasteiger partial charge in [-0.15, -0.1) is 0 Å². The molecule has 7 nitrogen and oxygen atoms in total. The molecular weight excluding hydrogens is 482 g/mol. The molecule has 202 valence electrons. The van der Waals surface area contributed by atoms with E-state index in [1.54, 1.807) is 13.8 Å². The Morgan fingerprint density at radius 1 is 0.579 bits per heavy atom. The molecule has 0 aliphatic heterocycles. The molecule has 0 radical (unpaired) electrons. The number of anilines is 3. The second-order valence-electron chi connectivity index (χ2n) is 8.71. The molecule has 0 aromatic heterocycles. The van der Waals surface area contributed by atoms with Crippen LogP contribution in [0, 0.1) is 6.92 Å². The van der Waals surface area contributed by atoms with Gasteiger partial charge in [-0.2, -0.15) is 0 Å². The van der Waals surface area contributed by atoms with E-state index in [9.17, 15) is 9.59 Å². The van der Waals surface area contributed by atoms with Crippen molar-refractivity contribution in [1.82, 2.24) is 0 Å². The summed E-state index contributed by atoms with van der Waals surface area (Å²) < 4.78 is 21.8. The van der Waals surface area contributed by atoms with Gasteiger partial charge in [0.2, 0.25) is 0 Å². The van der Waals surface area contributed by atoms with Gasteiger partial charge in [-0.1, -0.05) is 31.5 Å². The van der Waals surface area contributed by atoms with Crippen LogP contribution in [0.1, 0.15) is 45.1 Å². The first-order chi connectivity index (χ1) is 18.5. The van der Waals surface area contributed by atoms with E-state index < -0.39 is 0 Å². The zero-order chi connectivity index (χ0) is 27.2. The molecule has 0 unspecified atom stereocenters. The SMILES string of the molecule is CCC(=O)OCCCOc1ccc(N(c2ccc(C)cc2)c2ccc(OCCCOC(=O)CC)cc2)cc1. The van der Waals surface area contributed by atoms with Gasteiger partial charge in [-0.05, 0) is 67.6 Å². The lowest BCUT2D eigenvalue weighted by Gasteiger charge is -2.26. The van der Waals surface area contributed by atoms with Gasteiger partial charge in [0.15, 0.2) is 0 Å². The Morgan fingerprint density at radius 2 is 0.947 bits per heavy atom. The Balaban J connectivity index is 1.64. The van der Waals surface area contributed by atoms with Crippen LogP contribution in [0.15, 0.2) is 72.8 Å². The largest absolute Gasteiger partial charge is 0.493 e. The van der Waals surface area contributed by atoms with Crippen LogP contribution in [0.4, 0.5) is 17.1 Å². The summed E-state index contributed by atoms with van der Waals surface area (Å²) in [5, 5.41) is 0. The monoisotopic (exact) mass is 519 g/mol. The highest BCUT2D eigenvalue weighted by Crippen LogP contribution is 2.36. The summed E-state index contributed by atoms with van der Waals surface area (Å²) in [5.74, 6) is 1.13. The Hall–Kier alpha value is -4.00. The van der Waals surface area contributed by atoms with Crippen molar-refractivity contribution in [2.45, 2.75) is 46.5 Å². The lowest BCUT2D eigenvalue weighted by molar-refractivity contribution is -0.144. The molecule has 0 N–H and O–H groups in total. The van der Waals surface area contributed by atoms with Crippen LogP contribution in [0.3, 0.4) is 0 Å². The smallest absolute Gasteiger partial charge is 0.305 e. The highest BCUT2D eigenvalue weighted by atomic mass is 16.5. The third-order valence-electron chi connectivity index (χ3n) is 5.70. The van der Waals surface area contributed by atoms with Crippen LogP contribution in [-0.2, 0) is 19.1 Å². The molecule has 0 aliphatic rings. The van der Waals surface area contributed by atoms with Gasteiger partial charge in [0, 0.05) is 42.7 Å². The zero-order valence-electron chi connectivity index (χ0n) is 22.5. The third-order valence-corrected chi connectivity index (χ3v) is 5.70. The fourth-order valence-corrected chi connectivity index (χ4v) is 3.60. The van der Waals surface area contributed by atoms with Crippen molar-refractivity contribution in [2.24, 2.45) is 0 Å². The van der Waals surface area contributed by atoms with Crippen LogP contribution in [0.2, 0.25) is 0 Å². The second-order valence-corrected chi connectivity index (χ2v) is 8.71. The number of carbonyl (C=O) groups is 2. The van der Waals surface area contributed by atoms with Crippen molar-refractivity contribution in [2.75, 3.05) is 31.3 Å². The van der Waals surface area contributed by atoms with Crippen LogP contribution in [-0.4, -0.2) is 38.4 Å². The first kappa shape index (κ1) is 28.6. The number of carbonyl (C=O) groups excluding carboxylic acids is 2. The van der Waals surface area contributed by atoms with E-state index in [1.165, 1.54) is 5.56 Å². The van der Waals surface area contributed by atoms with Crippen molar-refractivity contribution in [3.63, 3.8) is 0 Å². The fraction of sp³-hybridized carbons (Fsp3) is 0.355. The summed E-state index contributed by atoms with van der Waals surface area (Å²) in [6.45, 7) is 7.29. The normalized spacial score (nSPS) is 10.5. The molecule has 0 amide bonds. The van der Waals surface area contributed by atoms with Crippen LogP contribution in [0.25, 0.3) is 0 Å². The predicted octanol–water partition coefficient (Wildman–Crippen LogP) is 6.91. The van der Waals surface area contributed by atoms with Gasteiger partial charge in [0.05, 0.1) is 26.4 Å². The topological polar surface area (TPSA) is 74.3 Å². The zero-order valence-corrected chi connectivity index (χ0v) is 22.5. The van der Waals surface area contributed by atoms with E-state index in [4.69, 9.17) is 18.9 Å². The predicted molar refractivity (Wildman–Crippen MR) is 149 cm³/mol. The molecule has 0 saturated heterocycles. The van der Waals surface area contributed by atoms with Gasteiger partial charge >= 0.3 is 11.9 Å². The molecule has 3 aromatic rings. The number of ether oxygens (including phenoxy) is 4. The fourth-order valence-electron chi connectivity index (χ4n) is 3.60. The van der Waals surface area contributed by atoms with Gasteiger partial charge in [0.1, 0.15) is 11.5 Å². The average molecular weight is 520 g/mol. The van der Waals surface area contributed by atoms with Crippen molar-refractivity contribution < 1.29 is 28.5 Å². The molecular formula is C31H37NO6. The quantitative estimate of drug-likeness (QED) is 0.160. The lowest BCUT2D eigenvalue weighted by Crippen LogP contribution is -2.10. The van der Waals surface area contributed by atoms with E-state index in [1.807, 2.05) is 48.5 Å². The molecule has 0 aliphatic carbocycles. The summed E-state index contributed by atoms with van der Waals surface area (Å²) in [6.07, 6.45) is 2.04. The van der Waals surface area contributed by atoms with Crippen LogP contribution >= 0.6 is 0 Å². The Bertz CT molecular complexity index is 1060. The molecule has 0 saturated carbocycles. The van der Waals surface area contributed by atoms with E-state index in [0.29, 0.717) is 52.1 Å². The van der Waals surface area contributed by atoms with Crippen molar-refractivity contribution >= 4 is 29.0 Å². The molecule has 3 rings (SSSR count). The summed E-state index contributed by atoms with van der Waals surface area (Å²) in [5.41, 5.74) is 4.21. The van der Waals surface area contributed by atoms with Crippen molar-refractivity contribution in [3.05, 3.63) is 78.4 Å². The van der Waals surface area contributed by atoms with Gasteiger partial charge in [-0.25, -0.2) is 0 Å². The number of esters is 2. The van der Waals surface area contributed by atoms with E-state index >= 15 is 0 Å². The number of benzene rings is 3. The molecule has 7 heteroatoms. The number of aryl methyl sites for hydroxylation is 1. The van der Waals surface area contributed by atoms with E-state index in [0.717, 1.165) is 28.6 Å². The number of hydrogen-bond acceptors (Lipinski definition) is 7. The average Bonchev–Trinajstić information content (AvgIpc) is 2.95. The summed E-state index contributed by atoms with van der Waals surface area (Å²) >= 11 is 0. The summed E-state index contributed by atoms with van der Waals surface area (Å²) in [7, 11) is 0. The maximum absolute atomic E-state index is 11.2. The molecule has 38 heavy (non-hydrogen) atoms. The Labute approximate surface area is 225 Å². The minimum atomic E-state index is -0.195. The Morgan fingerprint density at radius 3 is 1.32 bits per heavy atom. The highest BCUT2D eigenvalue weighted by Gasteiger charge is 2.13. The first-order valence-electron chi connectivity index (χ1n) is 13.1. The molecule has 0 fully saturated rings. The van der Waals surface area contributed by atoms with Crippen LogP contribution < -0.4 is 14.4 Å². The first-order valence-corrected chi connectivity index (χ1v) is 13.1. The van der Waals surface area contributed by atoms with Crippen molar-refractivity contribution in [3.8, 4) is 11.5 Å². The highest BCUT2D eigenvalue weighted by molar-refractivity contribution is 5.77. The van der Waals surface area contributed by atoms with E-state index in [2.05, 4.69) is 36.1 Å². The maximum Gasteiger partial charge on any atom is 0.305 e. The summed E-state index contributed by atoms with van der Waals surface area (Å²) in [6, 6.07) is 24.2. The Kier molecular flexibility index (Phi) is 11.5. The minimum Gasteiger partial charge on any atom is -0.493 e. The molecule has 0 atom stereocenters. The molecule has 3 aromatic carbocycles. The summed E-state index contributed by atoms with van der Waals surface area (Å²) in [4.78, 5) is 24.6. The van der Waals surface area contributed by atoms with Gasteiger partial charge < -0.3 is 23.8 Å². The number of nitrogens with zero attached hydrogens (tertiary/aromatic N) is 1. The minimum absolute atomic E-state index is 0.195. The number of rotatable bonds is 15. The second kappa shape index (κ2) is 15.3. The third kappa shape index (κ3) is 9.14. The van der Waals surface area contributed by atoms with Gasteiger partial charge in [0.25, 0.3) is 0 Å². The molecule has 0 bridgehead atoms. The standard InChI is InChI=1S/C31H37NO6/c1-4-30(33)37-22-6-20-35-28-16-12-26(13-17-28)32(25-10-8-24(3)9-11-25)27-14-18-29(19-15-27)36-21-7-23-38-31(34)5-2/h8-19H,4-7,20-23H2,1-3H3.